The fraction of sp³-hybridized carbons (Fsp3) is 0.304. The lowest BCUT2D eigenvalue weighted by Crippen LogP contribution is -2.47. The zero-order chi connectivity index (χ0) is 22.2. The van der Waals surface area contributed by atoms with E-state index in [4.69, 9.17) is 4.74 Å². The molecule has 1 aliphatic heterocycles. The number of carbonyl (C=O) groups is 1. The zero-order valence-electron chi connectivity index (χ0n) is 16.9. The van der Waals surface area contributed by atoms with Gasteiger partial charge in [-0.25, -0.2) is 28.1 Å². The molecule has 2 fully saturated rings. The number of aromatic nitrogens is 3. The van der Waals surface area contributed by atoms with Crippen LogP contribution in [-0.4, -0.2) is 44.4 Å². The van der Waals surface area contributed by atoms with Gasteiger partial charge < -0.3 is 9.64 Å². The fourth-order valence-corrected chi connectivity index (χ4v) is 4.58. The number of nitrogens with zero attached hydrogens (tertiary/aromatic N) is 4. The molecule has 3 atom stereocenters. The molecule has 1 aliphatic carbocycles. The standard InChI is InChI=1S/C23H19F3N4O2/c24-16-4-1-3-15(20(16)22-27-7-2-8-28-22)23(31)30-12-13-9-17(30)18(10-13)32-19-6-5-14(11-29-19)21(25)26/h1-8,11,13,17-18,21H,9-10,12H2/t13-,17?,18?/m1/s1. The van der Waals surface area contributed by atoms with Gasteiger partial charge in [0.2, 0.25) is 5.88 Å². The Labute approximate surface area is 182 Å². The number of carbonyl (C=O) groups excluding carboxylic acids is 1. The van der Waals surface area contributed by atoms with Crippen LogP contribution in [-0.2, 0) is 0 Å². The lowest BCUT2D eigenvalue weighted by atomic mass is 10.0. The fourth-order valence-electron chi connectivity index (χ4n) is 4.58. The maximum Gasteiger partial charge on any atom is 0.265 e. The van der Waals surface area contributed by atoms with Crippen molar-refractivity contribution in [1.82, 2.24) is 19.9 Å². The number of hydrogen-bond donors (Lipinski definition) is 0. The first-order valence-electron chi connectivity index (χ1n) is 10.3. The average Bonchev–Trinajstić information content (AvgIpc) is 3.40. The molecule has 1 saturated heterocycles. The van der Waals surface area contributed by atoms with Gasteiger partial charge in [-0.15, -0.1) is 0 Å². The number of pyridine rings is 1. The summed E-state index contributed by atoms with van der Waals surface area (Å²) in [6.07, 6.45) is 2.68. The highest BCUT2D eigenvalue weighted by atomic mass is 19.3. The largest absolute Gasteiger partial charge is 0.472 e. The third-order valence-corrected chi connectivity index (χ3v) is 6.00. The van der Waals surface area contributed by atoms with Gasteiger partial charge in [-0.05, 0) is 43.0 Å². The normalized spacial score (nSPS) is 21.9. The van der Waals surface area contributed by atoms with Crippen molar-refractivity contribution in [2.45, 2.75) is 31.4 Å². The number of alkyl halides is 2. The Balaban J connectivity index is 1.39. The summed E-state index contributed by atoms with van der Waals surface area (Å²) in [6.45, 7) is 0.548. The summed E-state index contributed by atoms with van der Waals surface area (Å²) in [4.78, 5) is 27.3. The molecule has 3 heterocycles. The van der Waals surface area contributed by atoms with Crippen LogP contribution in [0.5, 0.6) is 5.88 Å². The van der Waals surface area contributed by atoms with Crippen molar-refractivity contribution >= 4 is 5.91 Å². The van der Waals surface area contributed by atoms with Gasteiger partial charge in [0.05, 0.1) is 17.2 Å². The third-order valence-electron chi connectivity index (χ3n) is 6.00. The van der Waals surface area contributed by atoms with E-state index in [2.05, 4.69) is 15.0 Å². The number of fused-ring (bicyclic) bond motifs is 2. The number of halogens is 3. The van der Waals surface area contributed by atoms with E-state index in [0.717, 1.165) is 19.0 Å². The van der Waals surface area contributed by atoms with E-state index < -0.39 is 12.2 Å². The predicted molar refractivity (Wildman–Crippen MR) is 109 cm³/mol. The Bertz CT molecular complexity index is 1130. The maximum atomic E-state index is 14.7. The minimum absolute atomic E-state index is 0.0718. The van der Waals surface area contributed by atoms with Crippen molar-refractivity contribution in [2.24, 2.45) is 5.92 Å². The second kappa shape index (κ2) is 8.22. The van der Waals surface area contributed by atoms with E-state index >= 15 is 0 Å². The molecule has 5 rings (SSSR count). The van der Waals surface area contributed by atoms with Crippen molar-refractivity contribution in [1.29, 1.82) is 0 Å². The number of hydrogen-bond acceptors (Lipinski definition) is 5. The number of likely N-dealkylation sites (tertiary alicyclic amines) is 1. The number of piperidine rings is 1. The molecule has 2 unspecified atom stereocenters. The Morgan fingerprint density at radius 3 is 2.56 bits per heavy atom. The molecule has 0 radical (unpaired) electrons. The van der Waals surface area contributed by atoms with E-state index in [1.54, 1.807) is 17.0 Å². The lowest BCUT2D eigenvalue weighted by molar-refractivity contribution is 0.0466. The van der Waals surface area contributed by atoms with Crippen LogP contribution in [0.4, 0.5) is 13.2 Å². The smallest absolute Gasteiger partial charge is 0.265 e. The Hall–Kier alpha value is -3.49. The third kappa shape index (κ3) is 3.68. The number of ether oxygens (including phenoxy) is 1. The number of amides is 1. The predicted octanol–water partition coefficient (Wildman–Crippen LogP) is 4.30. The summed E-state index contributed by atoms with van der Waals surface area (Å²) >= 11 is 0. The average molecular weight is 440 g/mol. The summed E-state index contributed by atoms with van der Waals surface area (Å²) in [5.74, 6) is -0.242. The van der Waals surface area contributed by atoms with E-state index in [1.807, 2.05) is 0 Å². The van der Waals surface area contributed by atoms with Crippen LogP contribution in [0.1, 0.15) is 35.2 Å². The van der Waals surface area contributed by atoms with Crippen molar-refractivity contribution < 1.29 is 22.7 Å². The molecule has 32 heavy (non-hydrogen) atoms. The summed E-state index contributed by atoms with van der Waals surface area (Å²) in [7, 11) is 0. The lowest BCUT2D eigenvalue weighted by Gasteiger charge is -2.33. The molecule has 9 heteroatoms. The maximum absolute atomic E-state index is 14.7. The van der Waals surface area contributed by atoms with Crippen molar-refractivity contribution in [3.8, 4) is 17.3 Å². The Kier molecular flexibility index (Phi) is 5.24. The molecule has 2 aliphatic rings. The molecule has 1 aromatic carbocycles. The quantitative estimate of drug-likeness (QED) is 0.592. The van der Waals surface area contributed by atoms with Gasteiger partial charge in [0.15, 0.2) is 5.82 Å². The van der Waals surface area contributed by atoms with Crippen LogP contribution in [0.15, 0.2) is 55.0 Å². The highest BCUT2D eigenvalue weighted by Crippen LogP contribution is 2.41. The van der Waals surface area contributed by atoms with Crippen LogP contribution in [0.25, 0.3) is 11.4 Å². The van der Waals surface area contributed by atoms with Gasteiger partial charge in [0, 0.05) is 36.8 Å². The molecule has 2 bridgehead atoms. The van der Waals surface area contributed by atoms with Crippen LogP contribution in [0.2, 0.25) is 0 Å². The zero-order valence-corrected chi connectivity index (χ0v) is 16.9. The Morgan fingerprint density at radius 2 is 1.88 bits per heavy atom. The van der Waals surface area contributed by atoms with Gasteiger partial charge in [0.1, 0.15) is 11.9 Å². The first-order chi connectivity index (χ1) is 15.5. The molecule has 1 saturated carbocycles. The molecule has 3 aromatic rings. The van der Waals surface area contributed by atoms with Gasteiger partial charge in [-0.3, -0.25) is 4.79 Å². The molecule has 0 spiro atoms. The molecular formula is C23H19F3N4O2. The minimum atomic E-state index is -2.60. The van der Waals surface area contributed by atoms with E-state index in [0.29, 0.717) is 6.54 Å². The molecular weight excluding hydrogens is 421 g/mol. The highest BCUT2D eigenvalue weighted by molar-refractivity contribution is 6.00. The van der Waals surface area contributed by atoms with Gasteiger partial charge >= 0.3 is 0 Å². The first kappa shape index (κ1) is 20.4. The summed E-state index contributed by atoms with van der Waals surface area (Å²) in [6, 6.07) is 8.44. The molecule has 164 valence electrons. The van der Waals surface area contributed by atoms with Crippen LogP contribution < -0.4 is 4.74 Å². The SMILES string of the molecule is O=C(c1cccc(F)c1-c1ncccn1)N1C[C@H]2CC(Oc3ccc(C(F)F)cn3)C1C2. The van der Waals surface area contributed by atoms with Crippen molar-refractivity contribution in [2.75, 3.05) is 6.54 Å². The topological polar surface area (TPSA) is 68.2 Å². The van der Waals surface area contributed by atoms with Crippen LogP contribution >= 0.6 is 0 Å². The number of benzene rings is 1. The van der Waals surface area contributed by atoms with E-state index in [1.165, 1.54) is 36.7 Å². The monoisotopic (exact) mass is 440 g/mol. The first-order valence-corrected chi connectivity index (χ1v) is 10.3. The van der Waals surface area contributed by atoms with Gasteiger partial charge in [-0.2, -0.15) is 0 Å². The molecule has 1 amide bonds. The highest BCUT2D eigenvalue weighted by Gasteiger charge is 2.48. The van der Waals surface area contributed by atoms with E-state index in [9.17, 15) is 18.0 Å². The van der Waals surface area contributed by atoms with E-state index in [-0.39, 0.29) is 52.4 Å². The van der Waals surface area contributed by atoms with Gasteiger partial charge in [0.25, 0.3) is 12.3 Å². The summed E-state index contributed by atoms with van der Waals surface area (Å²) < 4.78 is 46.1. The Morgan fingerprint density at radius 1 is 1.06 bits per heavy atom. The second-order valence-electron chi connectivity index (χ2n) is 7.98. The van der Waals surface area contributed by atoms with Crippen LogP contribution in [0.3, 0.4) is 0 Å². The summed E-state index contributed by atoms with van der Waals surface area (Å²) in [5, 5.41) is 0. The molecule has 2 aromatic heterocycles. The van der Waals surface area contributed by atoms with Gasteiger partial charge in [-0.1, -0.05) is 6.07 Å². The van der Waals surface area contributed by atoms with Crippen LogP contribution in [0, 0.1) is 11.7 Å². The minimum Gasteiger partial charge on any atom is -0.472 e. The number of rotatable bonds is 5. The second-order valence-corrected chi connectivity index (χ2v) is 7.98. The van der Waals surface area contributed by atoms with Crippen molar-refractivity contribution in [3.05, 3.63) is 71.9 Å². The molecule has 0 N–H and O–H groups in total. The molecule has 6 nitrogen and oxygen atoms in total. The summed E-state index contributed by atoms with van der Waals surface area (Å²) in [5.41, 5.74) is 0.0911. The van der Waals surface area contributed by atoms with Crippen molar-refractivity contribution in [3.63, 3.8) is 0 Å².